The quantitative estimate of drug-likeness (QED) is 0.843. The Kier molecular flexibility index (Phi) is 4.59. The largest absolute Gasteiger partial charge is 0.481 e. The molecule has 0 aliphatic rings. The number of hydrogen-bond donors (Lipinski definition) is 1. The van der Waals surface area contributed by atoms with E-state index in [2.05, 4.69) is 0 Å². The van der Waals surface area contributed by atoms with Crippen LogP contribution in [0.1, 0.15) is 18.9 Å². The topological polar surface area (TPSA) is 46.5 Å². The first-order chi connectivity index (χ1) is 7.08. The lowest BCUT2D eigenvalue weighted by Crippen LogP contribution is -2.13. The van der Waals surface area contributed by atoms with Gasteiger partial charge in [-0.2, -0.15) is 0 Å². The Bertz CT molecular complexity index is 321. The van der Waals surface area contributed by atoms with E-state index in [1.165, 1.54) is 0 Å². The summed E-state index contributed by atoms with van der Waals surface area (Å²) in [6.45, 7) is 2.15. The van der Waals surface area contributed by atoms with E-state index in [1.54, 1.807) is 19.1 Å². The number of carboxylic acids is 1. The van der Waals surface area contributed by atoms with Crippen molar-refractivity contribution in [1.82, 2.24) is 0 Å². The standard InChI is InChI=1S/C11H13ClO3/c1-8(6-11(13)14)15-7-9-2-4-10(12)5-3-9/h2-5,8H,6-7H2,1H3,(H,13,14)/t8-/m0/s1. The molecule has 0 fully saturated rings. The van der Waals surface area contributed by atoms with Gasteiger partial charge >= 0.3 is 5.97 Å². The van der Waals surface area contributed by atoms with E-state index in [9.17, 15) is 4.79 Å². The summed E-state index contributed by atoms with van der Waals surface area (Å²) in [5, 5.41) is 9.20. The molecule has 0 amide bonds. The van der Waals surface area contributed by atoms with Crippen LogP contribution in [-0.4, -0.2) is 17.2 Å². The van der Waals surface area contributed by atoms with Gasteiger partial charge in [-0.3, -0.25) is 4.79 Å². The molecule has 15 heavy (non-hydrogen) atoms. The second-order valence-corrected chi connectivity index (χ2v) is 3.78. The summed E-state index contributed by atoms with van der Waals surface area (Å²) in [7, 11) is 0. The van der Waals surface area contributed by atoms with Crippen LogP contribution in [0.5, 0.6) is 0 Å². The molecule has 1 rings (SSSR count). The first-order valence-corrected chi connectivity index (χ1v) is 5.03. The van der Waals surface area contributed by atoms with E-state index in [1.807, 2.05) is 12.1 Å². The minimum atomic E-state index is -0.849. The van der Waals surface area contributed by atoms with Crippen molar-refractivity contribution >= 4 is 17.6 Å². The SMILES string of the molecule is C[C@@H](CC(=O)O)OCc1ccc(Cl)cc1. The predicted octanol–water partition coefficient (Wildman–Crippen LogP) is 2.72. The third-order valence-electron chi connectivity index (χ3n) is 1.91. The van der Waals surface area contributed by atoms with Crippen molar-refractivity contribution < 1.29 is 14.6 Å². The predicted molar refractivity (Wildman–Crippen MR) is 58.0 cm³/mol. The zero-order valence-corrected chi connectivity index (χ0v) is 9.20. The number of carbonyl (C=O) groups is 1. The smallest absolute Gasteiger partial charge is 0.305 e. The Morgan fingerprint density at radius 1 is 1.47 bits per heavy atom. The Balaban J connectivity index is 2.36. The molecule has 82 valence electrons. The molecule has 1 N–H and O–H groups in total. The molecule has 4 heteroatoms. The maximum Gasteiger partial charge on any atom is 0.305 e. The van der Waals surface area contributed by atoms with Gasteiger partial charge in [0, 0.05) is 5.02 Å². The fourth-order valence-corrected chi connectivity index (χ4v) is 1.25. The maximum atomic E-state index is 10.4. The third kappa shape index (κ3) is 4.81. The summed E-state index contributed by atoms with van der Waals surface area (Å²) in [5.74, 6) is -0.849. The Morgan fingerprint density at radius 3 is 2.60 bits per heavy atom. The molecule has 0 bridgehead atoms. The lowest BCUT2D eigenvalue weighted by molar-refractivity contribution is -0.140. The van der Waals surface area contributed by atoms with Gasteiger partial charge in [-0.05, 0) is 24.6 Å². The Morgan fingerprint density at radius 2 is 2.07 bits per heavy atom. The van der Waals surface area contributed by atoms with Crippen LogP contribution in [0.2, 0.25) is 5.02 Å². The van der Waals surface area contributed by atoms with Crippen LogP contribution in [0.15, 0.2) is 24.3 Å². The monoisotopic (exact) mass is 228 g/mol. The molecule has 3 nitrogen and oxygen atoms in total. The second-order valence-electron chi connectivity index (χ2n) is 3.35. The highest BCUT2D eigenvalue weighted by molar-refractivity contribution is 6.30. The lowest BCUT2D eigenvalue weighted by atomic mass is 10.2. The first kappa shape index (κ1) is 12.0. The minimum absolute atomic E-state index is 0.0214. The van der Waals surface area contributed by atoms with Crippen molar-refractivity contribution in [3.63, 3.8) is 0 Å². The Hall–Kier alpha value is -1.06. The number of benzene rings is 1. The summed E-state index contributed by atoms with van der Waals surface area (Å²) >= 11 is 5.72. The molecular weight excluding hydrogens is 216 g/mol. The van der Waals surface area contributed by atoms with Crippen molar-refractivity contribution in [3.05, 3.63) is 34.9 Å². The average Bonchev–Trinajstić information content (AvgIpc) is 2.16. The average molecular weight is 229 g/mol. The summed E-state index contributed by atoms with van der Waals surface area (Å²) in [5.41, 5.74) is 0.983. The van der Waals surface area contributed by atoms with Crippen LogP contribution >= 0.6 is 11.6 Å². The summed E-state index contributed by atoms with van der Waals surface area (Å²) in [6, 6.07) is 7.27. The fourth-order valence-electron chi connectivity index (χ4n) is 1.12. The van der Waals surface area contributed by atoms with Gasteiger partial charge in [0.05, 0.1) is 19.1 Å². The zero-order valence-electron chi connectivity index (χ0n) is 8.44. The molecule has 0 aliphatic heterocycles. The van der Waals surface area contributed by atoms with Crippen molar-refractivity contribution in [2.45, 2.75) is 26.1 Å². The van der Waals surface area contributed by atoms with Gasteiger partial charge in [0.1, 0.15) is 0 Å². The van der Waals surface area contributed by atoms with Gasteiger partial charge in [0.25, 0.3) is 0 Å². The van der Waals surface area contributed by atoms with Gasteiger partial charge in [-0.25, -0.2) is 0 Å². The number of aliphatic carboxylic acids is 1. The van der Waals surface area contributed by atoms with Gasteiger partial charge in [0.15, 0.2) is 0 Å². The van der Waals surface area contributed by atoms with Crippen LogP contribution in [0.3, 0.4) is 0 Å². The molecule has 0 saturated carbocycles. The van der Waals surface area contributed by atoms with Gasteiger partial charge in [-0.1, -0.05) is 23.7 Å². The number of rotatable bonds is 5. The molecule has 0 spiro atoms. The minimum Gasteiger partial charge on any atom is -0.481 e. The highest BCUT2D eigenvalue weighted by atomic mass is 35.5. The summed E-state index contributed by atoms with van der Waals surface area (Å²) < 4.78 is 5.35. The molecular formula is C11H13ClO3. The highest BCUT2D eigenvalue weighted by Gasteiger charge is 2.07. The maximum absolute atomic E-state index is 10.4. The molecule has 1 aromatic rings. The van der Waals surface area contributed by atoms with Crippen molar-refractivity contribution in [2.75, 3.05) is 0 Å². The highest BCUT2D eigenvalue weighted by Crippen LogP contribution is 2.11. The number of ether oxygens (including phenoxy) is 1. The van der Waals surface area contributed by atoms with E-state index < -0.39 is 5.97 Å². The molecule has 0 saturated heterocycles. The molecule has 0 aliphatic carbocycles. The molecule has 0 heterocycles. The number of halogens is 1. The normalized spacial score (nSPS) is 12.4. The van der Waals surface area contributed by atoms with Crippen molar-refractivity contribution in [1.29, 1.82) is 0 Å². The second kappa shape index (κ2) is 5.73. The molecule has 1 atom stereocenters. The van der Waals surface area contributed by atoms with Crippen molar-refractivity contribution in [2.24, 2.45) is 0 Å². The van der Waals surface area contributed by atoms with E-state index in [0.717, 1.165) is 5.56 Å². The van der Waals surface area contributed by atoms with Crippen LogP contribution in [0.25, 0.3) is 0 Å². The fraction of sp³-hybridized carbons (Fsp3) is 0.364. The van der Waals surface area contributed by atoms with Crippen LogP contribution in [-0.2, 0) is 16.1 Å². The van der Waals surface area contributed by atoms with E-state index in [0.29, 0.717) is 11.6 Å². The molecule has 1 aromatic carbocycles. The van der Waals surface area contributed by atoms with Crippen LogP contribution < -0.4 is 0 Å². The molecule has 0 unspecified atom stereocenters. The third-order valence-corrected chi connectivity index (χ3v) is 2.16. The van der Waals surface area contributed by atoms with Crippen molar-refractivity contribution in [3.8, 4) is 0 Å². The molecule has 0 aromatic heterocycles. The van der Waals surface area contributed by atoms with E-state index in [4.69, 9.17) is 21.4 Å². The van der Waals surface area contributed by atoms with E-state index in [-0.39, 0.29) is 12.5 Å². The van der Waals surface area contributed by atoms with Gasteiger partial charge in [-0.15, -0.1) is 0 Å². The summed E-state index contributed by atoms with van der Waals surface area (Å²) in [6.07, 6.45) is -0.258. The van der Waals surface area contributed by atoms with Crippen LogP contribution in [0, 0.1) is 0 Å². The van der Waals surface area contributed by atoms with Crippen LogP contribution in [0.4, 0.5) is 0 Å². The zero-order chi connectivity index (χ0) is 11.3. The lowest BCUT2D eigenvalue weighted by Gasteiger charge is -2.10. The van der Waals surface area contributed by atoms with Gasteiger partial charge in [0.2, 0.25) is 0 Å². The first-order valence-electron chi connectivity index (χ1n) is 4.66. The Labute approximate surface area is 93.6 Å². The number of hydrogen-bond acceptors (Lipinski definition) is 2. The summed E-state index contributed by atoms with van der Waals surface area (Å²) in [4.78, 5) is 10.4. The number of carboxylic acid groups (broad SMARTS) is 1. The van der Waals surface area contributed by atoms with E-state index >= 15 is 0 Å². The van der Waals surface area contributed by atoms with Gasteiger partial charge < -0.3 is 9.84 Å². The molecule has 0 radical (unpaired) electrons.